The third-order valence-corrected chi connectivity index (χ3v) is 5.43. The van der Waals surface area contributed by atoms with E-state index in [1.807, 2.05) is 43.5 Å². The number of carbonyl (C=O) groups excluding carboxylic acids is 2. The highest BCUT2D eigenvalue weighted by molar-refractivity contribution is 6.28. The van der Waals surface area contributed by atoms with Crippen LogP contribution in [0, 0.1) is 0 Å². The molecule has 4 rings (SSSR count). The molecule has 0 atom stereocenters. The van der Waals surface area contributed by atoms with Crippen molar-refractivity contribution in [3.05, 3.63) is 52.6 Å². The molecule has 9 heteroatoms. The Morgan fingerprint density at radius 2 is 1.91 bits per heavy atom. The van der Waals surface area contributed by atoms with E-state index in [2.05, 4.69) is 9.97 Å². The summed E-state index contributed by atoms with van der Waals surface area (Å²) >= 11 is 6.06. The van der Waals surface area contributed by atoms with E-state index in [1.54, 1.807) is 31.3 Å². The zero-order valence-corrected chi connectivity index (χ0v) is 19.6. The van der Waals surface area contributed by atoms with Crippen LogP contribution in [0.3, 0.4) is 0 Å². The van der Waals surface area contributed by atoms with Crippen molar-refractivity contribution in [2.24, 2.45) is 0 Å². The molecule has 0 spiro atoms. The summed E-state index contributed by atoms with van der Waals surface area (Å²) in [6, 6.07) is 7.74. The van der Waals surface area contributed by atoms with Crippen molar-refractivity contribution in [1.29, 1.82) is 0 Å². The molecule has 0 fully saturated rings. The third-order valence-electron chi connectivity index (χ3n) is 5.25. The number of carbonyl (C=O) groups is 2. The predicted octanol–water partition coefficient (Wildman–Crippen LogP) is 4.07. The first-order valence-electron chi connectivity index (χ1n) is 10.4. The molecule has 2 aromatic heterocycles. The molecule has 32 heavy (non-hydrogen) atoms. The van der Waals surface area contributed by atoms with Crippen LogP contribution >= 0.6 is 11.6 Å². The van der Waals surface area contributed by atoms with Crippen LogP contribution in [0.4, 0.5) is 4.79 Å². The van der Waals surface area contributed by atoms with Crippen LogP contribution < -0.4 is 0 Å². The molecular weight excluding hydrogens is 430 g/mol. The monoisotopic (exact) mass is 455 g/mol. The van der Waals surface area contributed by atoms with Crippen LogP contribution in [0.2, 0.25) is 5.28 Å². The lowest BCUT2D eigenvalue weighted by molar-refractivity contribution is 0.0224. The van der Waals surface area contributed by atoms with Gasteiger partial charge in [-0.1, -0.05) is 6.07 Å². The number of aromatic nitrogens is 3. The van der Waals surface area contributed by atoms with E-state index in [0.717, 1.165) is 22.2 Å². The summed E-state index contributed by atoms with van der Waals surface area (Å²) in [6.45, 7) is 6.63. The zero-order chi connectivity index (χ0) is 23.2. The lowest BCUT2D eigenvalue weighted by Crippen LogP contribution is -2.39. The van der Waals surface area contributed by atoms with Gasteiger partial charge in [-0.2, -0.15) is 4.98 Å². The van der Waals surface area contributed by atoms with E-state index in [1.165, 1.54) is 4.90 Å². The number of hydrogen-bond acceptors (Lipinski definition) is 5. The first-order chi connectivity index (χ1) is 15.0. The van der Waals surface area contributed by atoms with E-state index >= 15 is 0 Å². The number of hydrogen-bond donors (Lipinski definition) is 0. The molecule has 8 nitrogen and oxygen atoms in total. The van der Waals surface area contributed by atoms with Crippen LogP contribution in [0.25, 0.3) is 16.7 Å². The zero-order valence-electron chi connectivity index (χ0n) is 18.8. The van der Waals surface area contributed by atoms with Gasteiger partial charge in [0, 0.05) is 44.5 Å². The third kappa shape index (κ3) is 4.27. The molecule has 0 bridgehead atoms. The lowest BCUT2D eigenvalue weighted by atomic mass is 9.99. The fraction of sp³-hybridized carbons (Fsp3) is 0.391. The van der Waals surface area contributed by atoms with E-state index in [0.29, 0.717) is 30.9 Å². The molecule has 0 unspecified atom stereocenters. The Kier molecular flexibility index (Phi) is 5.58. The Balaban J connectivity index is 1.72. The van der Waals surface area contributed by atoms with Crippen molar-refractivity contribution in [2.45, 2.75) is 39.3 Å². The largest absolute Gasteiger partial charge is 0.444 e. The van der Waals surface area contributed by atoms with E-state index in [-0.39, 0.29) is 17.3 Å². The van der Waals surface area contributed by atoms with Crippen molar-refractivity contribution in [1.82, 2.24) is 24.3 Å². The van der Waals surface area contributed by atoms with Crippen LogP contribution in [-0.4, -0.2) is 62.6 Å². The molecule has 3 heterocycles. The van der Waals surface area contributed by atoms with Gasteiger partial charge in [0.2, 0.25) is 5.28 Å². The Morgan fingerprint density at radius 3 is 2.59 bits per heavy atom. The number of rotatable bonds is 2. The second-order valence-corrected chi connectivity index (χ2v) is 9.43. The molecular formula is C23H26ClN5O3. The molecule has 0 N–H and O–H groups in total. The molecule has 0 radical (unpaired) electrons. The highest BCUT2D eigenvalue weighted by Gasteiger charge is 2.27. The van der Waals surface area contributed by atoms with Gasteiger partial charge in [-0.15, -0.1) is 0 Å². The minimum Gasteiger partial charge on any atom is -0.444 e. The maximum atomic E-state index is 12.9. The Labute approximate surface area is 191 Å². The van der Waals surface area contributed by atoms with Gasteiger partial charge in [-0.05, 0) is 68.1 Å². The average molecular weight is 456 g/mol. The topological polar surface area (TPSA) is 80.6 Å². The summed E-state index contributed by atoms with van der Waals surface area (Å²) in [7, 11) is 3.42. The Morgan fingerprint density at radius 1 is 1.16 bits per heavy atom. The molecule has 1 aliphatic rings. The smallest absolute Gasteiger partial charge is 0.410 e. The molecule has 2 amide bonds. The van der Waals surface area contributed by atoms with Crippen molar-refractivity contribution in [3.63, 3.8) is 0 Å². The Bertz CT molecular complexity index is 1210. The van der Waals surface area contributed by atoms with Crippen LogP contribution in [-0.2, 0) is 17.7 Å². The molecule has 0 saturated heterocycles. The van der Waals surface area contributed by atoms with Gasteiger partial charge in [0.25, 0.3) is 5.91 Å². The summed E-state index contributed by atoms with van der Waals surface area (Å²) in [6.07, 6.45) is 1.99. The SMILES string of the molecule is CN(C)C(=O)c1cc2cnc(Cl)nc2n1-c1ccc2c(c1)CCN(C(=O)OC(C)(C)C)C2. The molecule has 0 saturated carbocycles. The van der Waals surface area contributed by atoms with Crippen LogP contribution in [0.15, 0.2) is 30.5 Å². The number of fused-ring (bicyclic) bond motifs is 2. The summed E-state index contributed by atoms with van der Waals surface area (Å²) < 4.78 is 7.32. The van der Waals surface area contributed by atoms with Gasteiger partial charge in [0.05, 0.1) is 0 Å². The second kappa shape index (κ2) is 8.09. The fourth-order valence-corrected chi connectivity index (χ4v) is 3.91. The van der Waals surface area contributed by atoms with Gasteiger partial charge in [-0.3, -0.25) is 9.36 Å². The highest BCUT2D eigenvalue weighted by atomic mass is 35.5. The van der Waals surface area contributed by atoms with Crippen LogP contribution in [0.1, 0.15) is 42.4 Å². The second-order valence-electron chi connectivity index (χ2n) is 9.09. The minimum absolute atomic E-state index is 0.117. The normalized spacial score (nSPS) is 13.8. The number of benzene rings is 1. The van der Waals surface area contributed by atoms with Crippen molar-refractivity contribution in [3.8, 4) is 5.69 Å². The number of halogens is 1. The predicted molar refractivity (Wildman–Crippen MR) is 122 cm³/mol. The fourth-order valence-electron chi connectivity index (χ4n) is 3.78. The minimum atomic E-state index is -0.533. The van der Waals surface area contributed by atoms with Crippen molar-refractivity contribution < 1.29 is 14.3 Å². The highest BCUT2D eigenvalue weighted by Crippen LogP contribution is 2.28. The van der Waals surface area contributed by atoms with E-state index < -0.39 is 5.60 Å². The molecule has 0 aliphatic carbocycles. The van der Waals surface area contributed by atoms with E-state index in [4.69, 9.17) is 16.3 Å². The summed E-state index contributed by atoms with van der Waals surface area (Å²) in [4.78, 5) is 37.0. The van der Waals surface area contributed by atoms with Gasteiger partial charge < -0.3 is 14.5 Å². The summed E-state index contributed by atoms with van der Waals surface area (Å²) in [5.41, 5.74) is 3.50. The Hall–Kier alpha value is -3.13. The first-order valence-corrected chi connectivity index (χ1v) is 10.8. The molecule has 3 aromatic rings. The molecule has 168 valence electrons. The average Bonchev–Trinajstić information content (AvgIpc) is 3.09. The number of ether oxygens (including phenoxy) is 1. The van der Waals surface area contributed by atoms with Gasteiger partial charge in [0.1, 0.15) is 16.9 Å². The van der Waals surface area contributed by atoms with Crippen LogP contribution in [0.5, 0.6) is 0 Å². The molecule has 1 aliphatic heterocycles. The van der Waals surface area contributed by atoms with Gasteiger partial charge >= 0.3 is 6.09 Å². The van der Waals surface area contributed by atoms with Crippen molar-refractivity contribution >= 4 is 34.6 Å². The summed E-state index contributed by atoms with van der Waals surface area (Å²) in [5.74, 6) is -0.145. The maximum absolute atomic E-state index is 12.9. The summed E-state index contributed by atoms with van der Waals surface area (Å²) in [5, 5.41) is 0.847. The quantitative estimate of drug-likeness (QED) is 0.544. The maximum Gasteiger partial charge on any atom is 0.410 e. The van der Waals surface area contributed by atoms with E-state index in [9.17, 15) is 9.59 Å². The molecule has 1 aromatic carbocycles. The van der Waals surface area contributed by atoms with Gasteiger partial charge in [0.15, 0.2) is 0 Å². The number of amides is 2. The standard InChI is InChI=1S/C23H26ClN5O3/c1-23(2,3)32-22(31)28-9-8-14-10-17(7-6-15(14)13-28)29-18(20(30)27(4)5)11-16-12-25-21(24)26-19(16)29/h6-7,10-12H,8-9,13H2,1-5H3. The first kappa shape index (κ1) is 22.1. The van der Waals surface area contributed by atoms with Gasteiger partial charge in [-0.25, -0.2) is 9.78 Å². The lowest BCUT2D eigenvalue weighted by Gasteiger charge is -2.31. The van der Waals surface area contributed by atoms with Crippen molar-refractivity contribution in [2.75, 3.05) is 20.6 Å². The number of nitrogens with zero attached hydrogens (tertiary/aromatic N) is 5.